The van der Waals surface area contributed by atoms with Gasteiger partial charge in [0, 0.05) is 17.6 Å². The Balaban J connectivity index is 1.95. The zero-order chi connectivity index (χ0) is 16.8. The maximum absolute atomic E-state index is 12.0. The van der Waals surface area contributed by atoms with Gasteiger partial charge < -0.3 is 15.8 Å². The average Bonchev–Trinajstić information content (AvgIpc) is 2.48. The predicted octanol–water partition coefficient (Wildman–Crippen LogP) is 2.89. The third-order valence-corrected chi connectivity index (χ3v) is 3.17. The molecule has 1 atom stereocenters. The zero-order valence-electron chi connectivity index (χ0n) is 13.6. The summed E-state index contributed by atoms with van der Waals surface area (Å²) in [6.07, 6.45) is 2.29. The van der Waals surface area contributed by atoms with E-state index in [2.05, 4.69) is 15.3 Å². The Labute approximate surface area is 136 Å². The second-order valence-electron chi connectivity index (χ2n) is 5.83. The van der Waals surface area contributed by atoms with Gasteiger partial charge in [-0.1, -0.05) is 13.8 Å². The summed E-state index contributed by atoms with van der Waals surface area (Å²) in [5.74, 6) is 0.787. The van der Waals surface area contributed by atoms with Crippen molar-refractivity contribution < 1.29 is 9.53 Å². The number of benzene rings is 1. The van der Waals surface area contributed by atoms with Gasteiger partial charge in [-0.2, -0.15) is 0 Å². The van der Waals surface area contributed by atoms with Crippen LogP contribution in [-0.2, 0) is 4.79 Å². The Bertz CT molecular complexity index is 656. The van der Waals surface area contributed by atoms with Crippen LogP contribution in [0.2, 0.25) is 0 Å². The number of aromatic nitrogens is 2. The molecule has 6 heteroatoms. The van der Waals surface area contributed by atoms with Crippen LogP contribution in [0.25, 0.3) is 0 Å². The minimum Gasteiger partial charge on any atom is -0.424 e. The number of hydrogen-bond acceptors (Lipinski definition) is 5. The minimum absolute atomic E-state index is 0.186. The summed E-state index contributed by atoms with van der Waals surface area (Å²) in [7, 11) is 0. The number of carbonyl (C=O) groups is 1. The van der Waals surface area contributed by atoms with Gasteiger partial charge in [0.05, 0.1) is 6.04 Å². The number of carbonyl (C=O) groups excluding carboxylic acids is 1. The van der Waals surface area contributed by atoms with Gasteiger partial charge in [0.15, 0.2) is 0 Å². The number of nitrogens with one attached hydrogen (secondary N) is 1. The lowest BCUT2D eigenvalue weighted by molar-refractivity contribution is -0.117. The van der Waals surface area contributed by atoms with Crippen molar-refractivity contribution in [1.82, 2.24) is 9.97 Å². The van der Waals surface area contributed by atoms with Crippen molar-refractivity contribution >= 4 is 11.6 Å². The van der Waals surface area contributed by atoms with E-state index in [-0.39, 0.29) is 5.91 Å². The number of anilines is 1. The second kappa shape index (κ2) is 7.69. The molecule has 0 aliphatic heterocycles. The first kappa shape index (κ1) is 16.9. The number of nitrogens with zero attached hydrogens (tertiary/aromatic N) is 2. The number of nitrogens with two attached hydrogens (primary N) is 1. The van der Waals surface area contributed by atoms with Crippen molar-refractivity contribution in [2.24, 2.45) is 11.7 Å². The van der Waals surface area contributed by atoms with E-state index in [1.807, 2.05) is 20.8 Å². The van der Waals surface area contributed by atoms with Gasteiger partial charge in [-0.15, -0.1) is 0 Å². The summed E-state index contributed by atoms with van der Waals surface area (Å²) in [6, 6.07) is 8.58. The number of rotatable bonds is 6. The van der Waals surface area contributed by atoms with Gasteiger partial charge in [0.25, 0.3) is 0 Å². The van der Waals surface area contributed by atoms with Crippen LogP contribution in [0.5, 0.6) is 11.8 Å². The number of hydrogen-bond donors (Lipinski definition) is 2. The SMILES string of the molecule is Cc1ccnc(Oc2ccc(NC(=O)[C@@H](N)CC(C)C)cc2)n1. The van der Waals surface area contributed by atoms with Gasteiger partial charge in [0.2, 0.25) is 5.91 Å². The van der Waals surface area contributed by atoms with Crippen molar-refractivity contribution in [1.29, 1.82) is 0 Å². The lowest BCUT2D eigenvalue weighted by Crippen LogP contribution is -2.36. The van der Waals surface area contributed by atoms with Crippen LogP contribution in [0.3, 0.4) is 0 Å². The van der Waals surface area contributed by atoms with Crippen LogP contribution < -0.4 is 15.8 Å². The highest BCUT2D eigenvalue weighted by Crippen LogP contribution is 2.20. The Kier molecular flexibility index (Phi) is 5.65. The normalized spacial score (nSPS) is 12.0. The summed E-state index contributed by atoms with van der Waals surface area (Å²) in [5, 5.41) is 2.80. The van der Waals surface area contributed by atoms with Crippen molar-refractivity contribution in [2.45, 2.75) is 33.2 Å². The zero-order valence-corrected chi connectivity index (χ0v) is 13.6. The minimum atomic E-state index is -0.508. The van der Waals surface area contributed by atoms with Crippen LogP contribution in [0, 0.1) is 12.8 Å². The third kappa shape index (κ3) is 5.34. The van der Waals surface area contributed by atoms with Crippen LogP contribution in [0.4, 0.5) is 5.69 Å². The standard InChI is InChI=1S/C17H22N4O2/c1-11(2)10-15(18)16(22)21-13-4-6-14(7-5-13)23-17-19-9-8-12(3)20-17/h4-9,11,15H,10,18H2,1-3H3,(H,21,22)/t15-/m0/s1. The smallest absolute Gasteiger partial charge is 0.322 e. The van der Waals surface area contributed by atoms with Crippen LogP contribution >= 0.6 is 0 Å². The van der Waals surface area contributed by atoms with E-state index in [4.69, 9.17) is 10.5 Å². The topological polar surface area (TPSA) is 90.1 Å². The number of ether oxygens (including phenoxy) is 1. The summed E-state index contributed by atoms with van der Waals surface area (Å²) >= 11 is 0. The summed E-state index contributed by atoms with van der Waals surface area (Å²) in [4.78, 5) is 20.2. The lowest BCUT2D eigenvalue weighted by Gasteiger charge is -2.14. The fraction of sp³-hybridized carbons (Fsp3) is 0.353. The van der Waals surface area contributed by atoms with E-state index in [0.29, 0.717) is 29.8 Å². The molecule has 0 fully saturated rings. The Morgan fingerprint density at radius 3 is 2.57 bits per heavy atom. The van der Waals surface area contributed by atoms with Gasteiger partial charge in [-0.25, -0.2) is 9.97 Å². The second-order valence-corrected chi connectivity index (χ2v) is 5.83. The van der Waals surface area contributed by atoms with E-state index in [9.17, 15) is 4.79 Å². The molecule has 23 heavy (non-hydrogen) atoms. The third-order valence-electron chi connectivity index (χ3n) is 3.17. The van der Waals surface area contributed by atoms with Gasteiger partial charge in [0.1, 0.15) is 5.75 Å². The van der Waals surface area contributed by atoms with E-state index < -0.39 is 6.04 Å². The van der Waals surface area contributed by atoms with Gasteiger partial charge >= 0.3 is 6.01 Å². The molecular formula is C17H22N4O2. The van der Waals surface area contributed by atoms with E-state index in [1.54, 1.807) is 36.5 Å². The van der Waals surface area contributed by atoms with E-state index in [1.165, 1.54) is 0 Å². The highest BCUT2D eigenvalue weighted by molar-refractivity contribution is 5.94. The van der Waals surface area contributed by atoms with Crippen molar-refractivity contribution in [3.63, 3.8) is 0 Å². The number of aryl methyl sites for hydroxylation is 1. The fourth-order valence-corrected chi connectivity index (χ4v) is 2.04. The Morgan fingerprint density at radius 1 is 1.26 bits per heavy atom. The predicted molar refractivity (Wildman–Crippen MR) is 89.3 cm³/mol. The molecule has 2 aromatic rings. The molecule has 1 amide bonds. The lowest BCUT2D eigenvalue weighted by atomic mass is 10.0. The summed E-state index contributed by atoms with van der Waals surface area (Å²) < 4.78 is 5.56. The first-order valence-corrected chi connectivity index (χ1v) is 7.58. The van der Waals surface area contributed by atoms with Crippen LogP contribution in [-0.4, -0.2) is 21.9 Å². The summed E-state index contributed by atoms with van der Waals surface area (Å²) in [6.45, 7) is 5.94. The molecular weight excluding hydrogens is 292 g/mol. The molecule has 0 radical (unpaired) electrons. The molecule has 6 nitrogen and oxygen atoms in total. The van der Waals surface area contributed by atoms with Crippen LogP contribution in [0.1, 0.15) is 26.0 Å². The highest BCUT2D eigenvalue weighted by Gasteiger charge is 2.15. The maximum atomic E-state index is 12.0. The molecule has 0 aliphatic carbocycles. The van der Waals surface area contributed by atoms with Crippen molar-refractivity contribution in [2.75, 3.05) is 5.32 Å². The molecule has 0 saturated heterocycles. The first-order valence-electron chi connectivity index (χ1n) is 7.58. The highest BCUT2D eigenvalue weighted by atomic mass is 16.5. The molecule has 0 spiro atoms. The Morgan fingerprint density at radius 2 is 1.96 bits per heavy atom. The average molecular weight is 314 g/mol. The largest absolute Gasteiger partial charge is 0.424 e. The van der Waals surface area contributed by atoms with Gasteiger partial charge in [-0.05, 0) is 49.6 Å². The fourth-order valence-electron chi connectivity index (χ4n) is 2.04. The molecule has 3 N–H and O–H groups in total. The Hall–Kier alpha value is -2.47. The molecule has 1 aromatic heterocycles. The maximum Gasteiger partial charge on any atom is 0.322 e. The summed E-state index contributed by atoms with van der Waals surface area (Å²) in [5.41, 5.74) is 7.36. The molecule has 0 unspecified atom stereocenters. The molecule has 0 bridgehead atoms. The monoisotopic (exact) mass is 314 g/mol. The first-order chi connectivity index (χ1) is 10.9. The molecule has 2 rings (SSSR count). The molecule has 1 aromatic carbocycles. The number of amides is 1. The molecule has 1 heterocycles. The quantitative estimate of drug-likeness (QED) is 0.855. The molecule has 0 aliphatic rings. The molecule has 122 valence electrons. The van der Waals surface area contributed by atoms with Crippen molar-refractivity contribution in [3.8, 4) is 11.8 Å². The molecule has 0 saturated carbocycles. The van der Waals surface area contributed by atoms with E-state index >= 15 is 0 Å². The van der Waals surface area contributed by atoms with E-state index in [0.717, 1.165) is 5.69 Å². The van der Waals surface area contributed by atoms with Crippen molar-refractivity contribution in [3.05, 3.63) is 42.2 Å². The van der Waals surface area contributed by atoms with Crippen LogP contribution in [0.15, 0.2) is 36.5 Å². The van der Waals surface area contributed by atoms with Gasteiger partial charge in [-0.3, -0.25) is 4.79 Å².